The highest BCUT2D eigenvalue weighted by Gasteiger charge is 2.12. The van der Waals surface area contributed by atoms with Gasteiger partial charge in [0.25, 0.3) is 0 Å². The van der Waals surface area contributed by atoms with Gasteiger partial charge in [0.2, 0.25) is 0 Å². The van der Waals surface area contributed by atoms with Crippen molar-refractivity contribution in [1.29, 1.82) is 0 Å². The van der Waals surface area contributed by atoms with E-state index in [-0.39, 0.29) is 0 Å². The van der Waals surface area contributed by atoms with Gasteiger partial charge < -0.3 is 9.84 Å². The van der Waals surface area contributed by atoms with Crippen LogP contribution in [0.1, 0.15) is 6.92 Å². The van der Waals surface area contributed by atoms with E-state index in [1.807, 2.05) is 0 Å². The van der Waals surface area contributed by atoms with Crippen molar-refractivity contribution in [1.82, 2.24) is 0 Å². The van der Waals surface area contributed by atoms with Gasteiger partial charge in [0.05, 0.1) is 0 Å². The van der Waals surface area contributed by atoms with E-state index >= 15 is 0 Å². The van der Waals surface area contributed by atoms with Gasteiger partial charge in [-0.2, -0.15) is 0 Å². The lowest BCUT2D eigenvalue weighted by Gasteiger charge is -2.10. The zero-order valence-electron chi connectivity index (χ0n) is 7.33. The van der Waals surface area contributed by atoms with Gasteiger partial charge in [-0.15, -0.1) is 0 Å². The molecule has 3 nitrogen and oxygen atoms in total. The second kappa shape index (κ2) is 4.53. The Morgan fingerprint density at radius 2 is 1.86 bits per heavy atom. The molecule has 1 rings (SSSR count). The molecule has 0 aliphatic heterocycles. The zero-order chi connectivity index (χ0) is 10.7. The van der Waals surface area contributed by atoms with E-state index in [4.69, 9.17) is 33.0 Å². The molecule has 0 amide bonds. The lowest BCUT2D eigenvalue weighted by Crippen LogP contribution is -2.22. The summed E-state index contributed by atoms with van der Waals surface area (Å²) in [7, 11) is 0. The third kappa shape index (κ3) is 3.09. The first kappa shape index (κ1) is 11.1. The van der Waals surface area contributed by atoms with Crippen LogP contribution in [0.5, 0.6) is 5.75 Å². The van der Waals surface area contributed by atoms with Gasteiger partial charge in [-0.05, 0) is 25.1 Å². The van der Waals surface area contributed by atoms with Crippen LogP contribution >= 0.6 is 23.2 Å². The average molecular weight is 235 g/mol. The molecule has 14 heavy (non-hydrogen) atoms. The molecule has 1 aromatic rings. The molecular formula is C9H8Cl2O3. The Kier molecular flexibility index (Phi) is 3.61. The fraction of sp³-hybridized carbons (Fsp3) is 0.222. The molecule has 1 atom stereocenters. The third-order valence-corrected chi connectivity index (χ3v) is 1.93. The van der Waals surface area contributed by atoms with Crippen LogP contribution in [0.15, 0.2) is 18.2 Å². The molecule has 0 spiro atoms. The molecule has 0 saturated carbocycles. The molecule has 0 aromatic heterocycles. The Bertz CT molecular complexity index is 332. The zero-order valence-corrected chi connectivity index (χ0v) is 8.84. The molecule has 0 radical (unpaired) electrons. The fourth-order valence-corrected chi connectivity index (χ4v) is 1.36. The van der Waals surface area contributed by atoms with E-state index in [2.05, 4.69) is 0 Å². The van der Waals surface area contributed by atoms with Crippen molar-refractivity contribution in [3.05, 3.63) is 28.2 Å². The maximum atomic E-state index is 10.5. The Morgan fingerprint density at radius 3 is 2.29 bits per heavy atom. The summed E-state index contributed by atoms with van der Waals surface area (Å²) in [6.07, 6.45) is -0.926. The predicted octanol–water partition coefficient (Wildman–Crippen LogP) is 2.85. The molecule has 0 unspecified atom stereocenters. The van der Waals surface area contributed by atoms with Crippen LogP contribution in [0.4, 0.5) is 0 Å². The number of carboxylic acids is 1. The maximum Gasteiger partial charge on any atom is 0.344 e. The van der Waals surface area contributed by atoms with E-state index in [9.17, 15) is 4.79 Å². The first-order valence-electron chi connectivity index (χ1n) is 3.84. The van der Waals surface area contributed by atoms with Gasteiger partial charge in [-0.25, -0.2) is 4.79 Å². The number of carboxylic acid groups (broad SMARTS) is 1. The van der Waals surface area contributed by atoms with E-state index in [1.165, 1.54) is 19.1 Å². The molecule has 0 saturated heterocycles. The Balaban J connectivity index is 2.81. The van der Waals surface area contributed by atoms with Crippen molar-refractivity contribution in [3.8, 4) is 5.75 Å². The van der Waals surface area contributed by atoms with Crippen molar-refractivity contribution >= 4 is 29.2 Å². The maximum absolute atomic E-state index is 10.5. The van der Waals surface area contributed by atoms with Crippen LogP contribution in [0.2, 0.25) is 10.0 Å². The van der Waals surface area contributed by atoms with Crippen molar-refractivity contribution in [3.63, 3.8) is 0 Å². The van der Waals surface area contributed by atoms with Gasteiger partial charge >= 0.3 is 5.97 Å². The number of carbonyl (C=O) groups is 1. The second-order valence-corrected chi connectivity index (χ2v) is 3.58. The lowest BCUT2D eigenvalue weighted by molar-refractivity contribution is -0.144. The number of halogens is 2. The summed E-state index contributed by atoms with van der Waals surface area (Å²) in [6.45, 7) is 1.43. The van der Waals surface area contributed by atoms with Crippen LogP contribution in [0.3, 0.4) is 0 Å². The van der Waals surface area contributed by atoms with Crippen LogP contribution in [0, 0.1) is 0 Å². The number of hydrogen-bond donors (Lipinski definition) is 1. The van der Waals surface area contributed by atoms with Gasteiger partial charge in [-0.1, -0.05) is 23.2 Å². The van der Waals surface area contributed by atoms with Crippen molar-refractivity contribution < 1.29 is 14.6 Å². The summed E-state index contributed by atoms with van der Waals surface area (Å²) in [5, 5.41) is 9.41. The minimum Gasteiger partial charge on any atom is -0.479 e. The number of rotatable bonds is 3. The summed E-state index contributed by atoms with van der Waals surface area (Å²) >= 11 is 11.4. The molecule has 5 heteroatoms. The Morgan fingerprint density at radius 1 is 1.36 bits per heavy atom. The Labute approximate surface area is 91.2 Å². The van der Waals surface area contributed by atoms with Crippen molar-refractivity contribution in [2.75, 3.05) is 0 Å². The van der Waals surface area contributed by atoms with Crippen LogP contribution in [-0.4, -0.2) is 17.2 Å². The predicted molar refractivity (Wildman–Crippen MR) is 54.2 cm³/mol. The summed E-state index contributed by atoms with van der Waals surface area (Å²) in [4.78, 5) is 10.5. The largest absolute Gasteiger partial charge is 0.479 e. The van der Waals surface area contributed by atoms with E-state index < -0.39 is 12.1 Å². The molecule has 0 fully saturated rings. The average Bonchev–Trinajstić information content (AvgIpc) is 2.01. The molecule has 0 aliphatic carbocycles. The van der Waals surface area contributed by atoms with Gasteiger partial charge in [0, 0.05) is 10.0 Å². The molecule has 1 N–H and O–H groups in total. The standard InChI is InChI=1S/C9H8Cl2O3/c1-5(9(12)13)14-8-3-6(10)2-7(11)4-8/h2-5H,1H3,(H,12,13)/t5-/m0/s1. The highest BCUT2D eigenvalue weighted by atomic mass is 35.5. The third-order valence-electron chi connectivity index (χ3n) is 1.50. The van der Waals surface area contributed by atoms with Gasteiger partial charge in [0.1, 0.15) is 5.75 Å². The van der Waals surface area contributed by atoms with Crippen molar-refractivity contribution in [2.45, 2.75) is 13.0 Å². The molecule has 0 heterocycles. The highest BCUT2D eigenvalue weighted by molar-refractivity contribution is 6.34. The molecule has 0 aliphatic rings. The summed E-state index contributed by atoms with van der Waals surface area (Å²) in [5.41, 5.74) is 0. The second-order valence-electron chi connectivity index (χ2n) is 2.70. The van der Waals surface area contributed by atoms with Crippen LogP contribution in [0.25, 0.3) is 0 Å². The number of ether oxygens (including phenoxy) is 1. The normalized spacial score (nSPS) is 12.2. The van der Waals surface area contributed by atoms with E-state index in [1.54, 1.807) is 6.07 Å². The van der Waals surface area contributed by atoms with Gasteiger partial charge in [0.15, 0.2) is 6.10 Å². The molecule has 1 aromatic carbocycles. The Hall–Kier alpha value is -0.930. The SMILES string of the molecule is C[C@H](Oc1cc(Cl)cc(Cl)c1)C(=O)O. The summed E-state index contributed by atoms with van der Waals surface area (Å²) in [5.74, 6) is -0.696. The first-order valence-corrected chi connectivity index (χ1v) is 4.60. The lowest BCUT2D eigenvalue weighted by atomic mass is 10.3. The summed E-state index contributed by atoms with van der Waals surface area (Å²) < 4.78 is 5.07. The minimum absolute atomic E-state index is 0.345. The van der Waals surface area contributed by atoms with Crippen molar-refractivity contribution in [2.24, 2.45) is 0 Å². The monoisotopic (exact) mass is 234 g/mol. The first-order chi connectivity index (χ1) is 6.49. The quantitative estimate of drug-likeness (QED) is 0.876. The van der Waals surface area contributed by atoms with Crippen LogP contribution in [-0.2, 0) is 4.79 Å². The number of hydrogen-bond acceptors (Lipinski definition) is 2. The molecule has 76 valence electrons. The highest BCUT2D eigenvalue weighted by Crippen LogP contribution is 2.24. The van der Waals surface area contributed by atoms with Gasteiger partial charge in [-0.3, -0.25) is 0 Å². The summed E-state index contributed by atoms with van der Waals surface area (Å²) in [6, 6.07) is 4.56. The molecular weight excluding hydrogens is 227 g/mol. The van der Waals surface area contributed by atoms with Crippen LogP contribution < -0.4 is 4.74 Å². The smallest absolute Gasteiger partial charge is 0.344 e. The molecule has 0 bridgehead atoms. The van der Waals surface area contributed by atoms with E-state index in [0.717, 1.165) is 0 Å². The fourth-order valence-electron chi connectivity index (χ4n) is 0.851. The number of benzene rings is 1. The topological polar surface area (TPSA) is 46.5 Å². The minimum atomic E-state index is -1.04. The van der Waals surface area contributed by atoms with E-state index in [0.29, 0.717) is 15.8 Å². The number of aliphatic carboxylic acids is 1.